The zero-order chi connectivity index (χ0) is 23.0. The molecule has 32 heavy (non-hydrogen) atoms. The second-order valence-corrected chi connectivity index (χ2v) is 7.94. The number of hydrogen-bond donors (Lipinski definition) is 1. The molecule has 0 saturated heterocycles. The van der Waals surface area contributed by atoms with E-state index < -0.39 is 11.7 Å². The largest absolute Gasteiger partial charge is 0.416 e. The highest BCUT2D eigenvalue weighted by molar-refractivity contribution is 6.02. The maximum atomic E-state index is 12.9. The summed E-state index contributed by atoms with van der Waals surface area (Å²) in [5.74, 6) is 1.26. The molecule has 0 aliphatic carbocycles. The Morgan fingerprint density at radius 3 is 2.69 bits per heavy atom. The summed E-state index contributed by atoms with van der Waals surface area (Å²) in [4.78, 5) is 23.0. The number of aromatic nitrogens is 4. The highest BCUT2D eigenvalue weighted by Gasteiger charge is 2.31. The smallest absolute Gasteiger partial charge is 0.346 e. The van der Waals surface area contributed by atoms with E-state index in [-0.39, 0.29) is 18.5 Å². The molecule has 1 aliphatic rings. The van der Waals surface area contributed by atoms with Crippen molar-refractivity contribution in [2.75, 3.05) is 17.3 Å². The second kappa shape index (κ2) is 8.25. The van der Waals surface area contributed by atoms with Gasteiger partial charge in [-0.05, 0) is 43.5 Å². The fourth-order valence-electron chi connectivity index (χ4n) is 3.63. The van der Waals surface area contributed by atoms with E-state index in [9.17, 15) is 18.0 Å². The number of anilines is 2. The molecule has 1 atom stereocenters. The molecule has 3 heterocycles. The number of rotatable bonds is 5. The third kappa shape index (κ3) is 4.44. The van der Waals surface area contributed by atoms with Crippen LogP contribution >= 0.6 is 0 Å². The molecular weight excluding hydrogens is 421 g/mol. The third-order valence-electron chi connectivity index (χ3n) is 5.58. The summed E-state index contributed by atoms with van der Waals surface area (Å²) in [6.45, 7) is 3.90. The van der Waals surface area contributed by atoms with Crippen LogP contribution in [0.3, 0.4) is 0 Å². The van der Waals surface area contributed by atoms with E-state index in [4.69, 9.17) is 0 Å². The maximum Gasteiger partial charge on any atom is 0.416 e. The van der Waals surface area contributed by atoms with Crippen LogP contribution in [0.5, 0.6) is 0 Å². The summed E-state index contributed by atoms with van der Waals surface area (Å²) in [5.41, 5.74) is 2.14. The van der Waals surface area contributed by atoms with Crippen molar-refractivity contribution in [2.24, 2.45) is 0 Å². The van der Waals surface area contributed by atoms with Gasteiger partial charge < -0.3 is 10.2 Å². The van der Waals surface area contributed by atoms with E-state index in [1.54, 1.807) is 16.9 Å². The molecule has 1 amide bonds. The van der Waals surface area contributed by atoms with Gasteiger partial charge in [-0.2, -0.15) is 18.3 Å². The number of nitrogens with zero attached hydrogens (tertiary/aromatic N) is 5. The topological polar surface area (TPSA) is 75.9 Å². The quantitative estimate of drug-likeness (QED) is 0.651. The van der Waals surface area contributed by atoms with Crippen LogP contribution in [0.15, 0.2) is 36.7 Å². The standard InChI is InChI=1S/C22H23F3N6O/c1-13-19-20(30(3)14(2)21(32)29-19)28-18(27-13)8-7-16-10-26-31(12-16)11-15-5-4-6-17(9-15)22(23,24)25/h4-6,9-10,12,14H,7-8,11H2,1-3H3,(H,29,32)/t14-/m0/s1. The van der Waals surface area contributed by atoms with Crippen LogP contribution < -0.4 is 10.2 Å². The van der Waals surface area contributed by atoms with Gasteiger partial charge in [0.1, 0.15) is 17.6 Å². The lowest BCUT2D eigenvalue weighted by Gasteiger charge is -2.32. The van der Waals surface area contributed by atoms with Crippen LogP contribution in [0.2, 0.25) is 0 Å². The zero-order valence-electron chi connectivity index (χ0n) is 17.9. The van der Waals surface area contributed by atoms with Crippen LogP contribution in [0.25, 0.3) is 0 Å². The lowest BCUT2D eigenvalue weighted by molar-refractivity contribution is -0.137. The summed E-state index contributed by atoms with van der Waals surface area (Å²) in [7, 11) is 1.83. The Morgan fingerprint density at radius 2 is 1.94 bits per heavy atom. The molecule has 0 spiro atoms. The molecule has 4 rings (SSSR count). The Labute approximate surface area is 183 Å². The Bertz CT molecular complexity index is 1160. The molecule has 0 unspecified atom stereocenters. The van der Waals surface area contributed by atoms with Crippen molar-refractivity contribution in [3.63, 3.8) is 0 Å². The average Bonchev–Trinajstić information content (AvgIpc) is 3.18. The van der Waals surface area contributed by atoms with Gasteiger partial charge in [0.25, 0.3) is 0 Å². The number of likely N-dealkylation sites (N-methyl/N-ethyl adjacent to an activating group) is 1. The molecule has 10 heteroatoms. The summed E-state index contributed by atoms with van der Waals surface area (Å²) < 4.78 is 40.4. The molecule has 1 aromatic carbocycles. The number of hydrogen-bond acceptors (Lipinski definition) is 5. The molecule has 0 saturated carbocycles. The fraction of sp³-hybridized carbons (Fsp3) is 0.364. The Balaban J connectivity index is 1.44. The van der Waals surface area contributed by atoms with E-state index in [1.807, 2.05) is 32.0 Å². The van der Waals surface area contributed by atoms with Gasteiger partial charge in [-0.15, -0.1) is 0 Å². The second-order valence-electron chi connectivity index (χ2n) is 7.94. The molecule has 2 aromatic heterocycles. The SMILES string of the molecule is Cc1nc(CCc2cnn(Cc3cccc(C(F)(F)F)c3)c2)nc2c1NC(=O)[C@H](C)N2C. The zero-order valence-corrected chi connectivity index (χ0v) is 17.9. The lowest BCUT2D eigenvalue weighted by atomic mass is 10.1. The maximum absolute atomic E-state index is 12.9. The van der Waals surface area contributed by atoms with Gasteiger partial charge in [0, 0.05) is 19.7 Å². The van der Waals surface area contributed by atoms with Crippen molar-refractivity contribution in [3.8, 4) is 0 Å². The monoisotopic (exact) mass is 444 g/mol. The number of benzene rings is 1. The number of amides is 1. The third-order valence-corrected chi connectivity index (χ3v) is 5.58. The Hall–Kier alpha value is -3.43. The minimum absolute atomic E-state index is 0.0902. The predicted octanol–water partition coefficient (Wildman–Crippen LogP) is 3.61. The first-order valence-electron chi connectivity index (χ1n) is 10.2. The molecule has 0 bridgehead atoms. The molecule has 168 valence electrons. The normalized spacial score (nSPS) is 16.1. The number of carbonyl (C=O) groups excluding carboxylic acids is 1. The van der Waals surface area contributed by atoms with Crippen LogP contribution in [0.1, 0.15) is 35.1 Å². The number of fused-ring (bicyclic) bond motifs is 1. The Morgan fingerprint density at radius 1 is 1.16 bits per heavy atom. The molecule has 7 nitrogen and oxygen atoms in total. The van der Waals surface area contributed by atoms with E-state index in [2.05, 4.69) is 20.4 Å². The molecule has 0 fully saturated rings. The number of alkyl halides is 3. The highest BCUT2D eigenvalue weighted by Crippen LogP contribution is 2.31. The molecular formula is C22H23F3N6O. The summed E-state index contributed by atoms with van der Waals surface area (Å²) in [6.07, 6.45) is 0.353. The van der Waals surface area contributed by atoms with Gasteiger partial charge in [-0.25, -0.2) is 9.97 Å². The van der Waals surface area contributed by atoms with Gasteiger partial charge >= 0.3 is 6.18 Å². The molecule has 0 radical (unpaired) electrons. The summed E-state index contributed by atoms with van der Waals surface area (Å²) >= 11 is 0. The van der Waals surface area contributed by atoms with E-state index in [0.29, 0.717) is 41.4 Å². The number of aryl methyl sites for hydroxylation is 3. The predicted molar refractivity (Wildman–Crippen MR) is 113 cm³/mol. The Kier molecular flexibility index (Phi) is 5.62. The first-order chi connectivity index (χ1) is 15.1. The van der Waals surface area contributed by atoms with Crippen molar-refractivity contribution in [1.82, 2.24) is 19.7 Å². The summed E-state index contributed by atoms with van der Waals surface area (Å²) in [6, 6.07) is 4.93. The van der Waals surface area contributed by atoms with Crippen molar-refractivity contribution in [2.45, 2.75) is 45.5 Å². The van der Waals surface area contributed by atoms with E-state index in [1.165, 1.54) is 6.07 Å². The fourth-order valence-corrected chi connectivity index (χ4v) is 3.63. The summed E-state index contributed by atoms with van der Waals surface area (Å²) in [5, 5.41) is 7.13. The van der Waals surface area contributed by atoms with Gasteiger partial charge in [0.2, 0.25) is 5.91 Å². The van der Waals surface area contributed by atoms with Crippen molar-refractivity contribution in [3.05, 3.63) is 64.9 Å². The number of carbonyl (C=O) groups is 1. The molecule has 1 N–H and O–H groups in total. The lowest BCUT2D eigenvalue weighted by Crippen LogP contribution is -2.45. The van der Waals surface area contributed by atoms with Gasteiger partial charge in [-0.3, -0.25) is 9.48 Å². The molecule has 1 aliphatic heterocycles. The minimum atomic E-state index is -4.37. The first-order valence-corrected chi connectivity index (χ1v) is 10.2. The van der Waals surface area contributed by atoms with Gasteiger partial charge in [0.05, 0.1) is 24.0 Å². The number of nitrogens with one attached hydrogen (secondary N) is 1. The number of halogens is 3. The van der Waals surface area contributed by atoms with Crippen molar-refractivity contribution in [1.29, 1.82) is 0 Å². The average molecular weight is 444 g/mol. The van der Waals surface area contributed by atoms with Crippen LogP contribution in [0, 0.1) is 6.92 Å². The van der Waals surface area contributed by atoms with Crippen molar-refractivity contribution >= 4 is 17.4 Å². The van der Waals surface area contributed by atoms with E-state index in [0.717, 1.165) is 17.7 Å². The minimum Gasteiger partial charge on any atom is -0.346 e. The van der Waals surface area contributed by atoms with Crippen molar-refractivity contribution < 1.29 is 18.0 Å². The first kappa shape index (κ1) is 21.8. The van der Waals surface area contributed by atoms with Crippen LogP contribution in [-0.2, 0) is 30.4 Å². The van der Waals surface area contributed by atoms with Crippen LogP contribution in [0.4, 0.5) is 24.7 Å². The van der Waals surface area contributed by atoms with Gasteiger partial charge in [0.15, 0.2) is 5.82 Å². The highest BCUT2D eigenvalue weighted by atomic mass is 19.4. The molecule has 3 aromatic rings. The van der Waals surface area contributed by atoms with Gasteiger partial charge in [-0.1, -0.05) is 12.1 Å². The van der Waals surface area contributed by atoms with Crippen LogP contribution in [-0.4, -0.2) is 38.7 Å². The van der Waals surface area contributed by atoms with E-state index >= 15 is 0 Å².